The normalized spacial score (nSPS) is 23.7. The van der Waals surface area contributed by atoms with E-state index >= 15 is 0 Å². The van der Waals surface area contributed by atoms with Gasteiger partial charge in [-0.15, -0.1) is 0 Å². The molecule has 0 heterocycles. The fourth-order valence-electron chi connectivity index (χ4n) is 3.70. The summed E-state index contributed by atoms with van der Waals surface area (Å²) in [6.45, 7) is 13.2. The average molecular weight is 376 g/mol. The maximum absolute atomic E-state index is 13.2. The van der Waals surface area contributed by atoms with Gasteiger partial charge < -0.3 is 14.8 Å². The first kappa shape index (κ1) is 21.7. The zero-order chi connectivity index (χ0) is 20.0. The Morgan fingerprint density at radius 3 is 2.33 bits per heavy atom. The molecule has 0 aliphatic heterocycles. The summed E-state index contributed by atoms with van der Waals surface area (Å²) in [6, 6.07) is 4.00. The highest BCUT2D eigenvalue weighted by molar-refractivity contribution is 5.97. The van der Waals surface area contributed by atoms with Gasteiger partial charge in [-0.25, -0.2) is 0 Å². The zero-order valence-corrected chi connectivity index (χ0v) is 18.0. The van der Waals surface area contributed by atoms with Gasteiger partial charge in [-0.3, -0.25) is 4.79 Å². The van der Waals surface area contributed by atoms with Crippen LogP contribution in [0.2, 0.25) is 0 Å². The minimum atomic E-state index is -0.684. The molecule has 0 aromatic heterocycles. The third-order valence-corrected chi connectivity index (χ3v) is 5.69. The second-order valence-corrected chi connectivity index (χ2v) is 8.26. The molecule has 4 nitrogen and oxygen atoms in total. The Morgan fingerprint density at radius 1 is 1.22 bits per heavy atom. The number of hydrogen-bond acceptors (Lipinski definition) is 3. The highest BCUT2D eigenvalue weighted by atomic mass is 16.5. The van der Waals surface area contributed by atoms with Crippen molar-refractivity contribution in [3.8, 4) is 5.75 Å². The van der Waals surface area contributed by atoms with Gasteiger partial charge in [0.1, 0.15) is 11.4 Å². The molecular formula is C23H37NO3. The number of carbonyl (C=O) groups is 1. The molecule has 1 aliphatic rings. The van der Waals surface area contributed by atoms with Crippen LogP contribution < -0.4 is 10.1 Å². The van der Waals surface area contributed by atoms with Crippen LogP contribution in [0.5, 0.6) is 5.75 Å². The lowest BCUT2D eigenvalue weighted by atomic mass is 9.78. The second-order valence-electron chi connectivity index (χ2n) is 8.26. The topological polar surface area (TPSA) is 47.6 Å². The smallest absolute Gasteiger partial charge is 0.256 e. The summed E-state index contributed by atoms with van der Waals surface area (Å²) in [7, 11) is 0. The molecule has 1 aromatic rings. The van der Waals surface area contributed by atoms with Crippen LogP contribution in [0.1, 0.15) is 77.3 Å². The maximum atomic E-state index is 13.2. The Labute approximate surface area is 165 Å². The molecule has 0 unspecified atom stereocenters. The molecule has 1 amide bonds. The van der Waals surface area contributed by atoms with E-state index in [4.69, 9.17) is 9.47 Å². The fraction of sp³-hybridized carbons (Fsp3) is 0.696. The van der Waals surface area contributed by atoms with Crippen LogP contribution in [0.4, 0.5) is 5.69 Å². The second kappa shape index (κ2) is 9.59. The highest BCUT2D eigenvalue weighted by Crippen LogP contribution is 2.36. The van der Waals surface area contributed by atoms with Crippen molar-refractivity contribution < 1.29 is 14.3 Å². The Morgan fingerprint density at radius 2 is 1.81 bits per heavy atom. The van der Waals surface area contributed by atoms with Crippen LogP contribution in [0, 0.1) is 19.8 Å². The van der Waals surface area contributed by atoms with Gasteiger partial charge in [-0.2, -0.15) is 0 Å². The number of hydrogen-bond donors (Lipinski definition) is 1. The van der Waals surface area contributed by atoms with Crippen LogP contribution in [0.15, 0.2) is 12.1 Å². The van der Waals surface area contributed by atoms with E-state index in [0.29, 0.717) is 12.5 Å². The van der Waals surface area contributed by atoms with Crippen molar-refractivity contribution in [3.05, 3.63) is 23.3 Å². The number of benzene rings is 1. The lowest BCUT2D eigenvalue weighted by Crippen LogP contribution is -2.48. The molecule has 1 aliphatic carbocycles. The van der Waals surface area contributed by atoms with Crippen molar-refractivity contribution in [2.45, 2.75) is 91.8 Å². The Kier molecular flexibility index (Phi) is 7.72. The van der Waals surface area contributed by atoms with Gasteiger partial charge in [0.05, 0.1) is 6.10 Å². The molecule has 1 fully saturated rings. The summed E-state index contributed by atoms with van der Waals surface area (Å²) in [5.74, 6) is 1.58. The van der Waals surface area contributed by atoms with E-state index in [1.165, 1.54) is 0 Å². The van der Waals surface area contributed by atoms with E-state index in [2.05, 4.69) is 33.0 Å². The summed E-state index contributed by atoms with van der Waals surface area (Å²) < 4.78 is 12.2. The zero-order valence-electron chi connectivity index (χ0n) is 18.0. The molecule has 4 heteroatoms. The molecule has 1 N–H and O–H groups in total. The van der Waals surface area contributed by atoms with Gasteiger partial charge in [0, 0.05) is 12.3 Å². The van der Waals surface area contributed by atoms with Gasteiger partial charge >= 0.3 is 0 Å². The molecule has 1 aromatic carbocycles. The third kappa shape index (κ3) is 5.47. The summed E-state index contributed by atoms with van der Waals surface area (Å²) in [5.41, 5.74) is 2.23. The van der Waals surface area contributed by atoms with Gasteiger partial charge in [-0.05, 0) is 88.5 Å². The van der Waals surface area contributed by atoms with E-state index in [1.54, 1.807) is 0 Å². The Hall–Kier alpha value is -1.55. The van der Waals surface area contributed by atoms with Crippen molar-refractivity contribution in [1.29, 1.82) is 0 Å². The molecular weight excluding hydrogens is 338 g/mol. The van der Waals surface area contributed by atoms with Crippen LogP contribution in [0.25, 0.3) is 0 Å². The number of anilines is 1. The van der Waals surface area contributed by atoms with Crippen molar-refractivity contribution in [1.82, 2.24) is 0 Å². The summed E-state index contributed by atoms with van der Waals surface area (Å²) >= 11 is 0. The third-order valence-electron chi connectivity index (χ3n) is 5.69. The lowest BCUT2D eigenvalue weighted by Gasteiger charge is -2.38. The summed E-state index contributed by atoms with van der Waals surface area (Å²) in [4.78, 5) is 13.2. The Balaban J connectivity index is 2.17. The lowest BCUT2D eigenvalue weighted by molar-refractivity contribution is -0.147. The van der Waals surface area contributed by atoms with Gasteiger partial charge in [-0.1, -0.05) is 20.8 Å². The first-order valence-electron chi connectivity index (χ1n) is 10.5. The van der Waals surface area contributed by atoms with E-state index in [0.717, 1.165) is 61.1 Å². The standard InChI is InChI=1S/C23H37NO3/c1-7-13-26-23(11-9-16(3)10-12-23)22(25)24-20-14-17(4)21(18(5)15-20)27-19(6)8-2/h14-16,19H,7-13H2,1-6H3,(H,24,25)/t16?,19-,23?/m1/s1. The van der Waals surface area contributed by atoms with Gasteiger partial charge in [0.25, 0.3) is 5.91 Å². The van der Waals surface area contributed by atoms with Crippen molar-refractivity contribution in [3.63, 3.8) is 0 Å². The first-order valence-corrected chi connectivity index (χ1v) is 10.5. The van der Waals surface area contributed by atoms with Crippen LogP contribution in [-0.4, -0.2) is 24.2 Å². The number of aryl methyl sites for hydroxylation is 2. The summed E-state index contributed by atoms with van der Waals surface area (Å²) in [6.07, 6.45) is 5.74. The van der Waals surface area contributed by atoms with E-state index in [9.17, 15) is 4.79 Å². The van der Waals surface area contributed by atoms with Crippen LogP contribution >= 0.6 is 0 Å². The maximum Gasteiger partial charge on any atom is 0.256 e. The van der Waals surface area contributed by atoms with Crippen LogP contribution in [0.3, 0.4) is 0 Å². The van der Waals surface area contributed by atoms with Gasteiger partial charge in [0.15, 0.2) is 0 Å². The Bertz CT molecular complexity index is 604. The first-order chi connectivity index (χ1) is 12.8. The van der Waals surface area contributed by atoms with E-state index in [-0.39, 0.29) is 12.0 Å². The number of amides is 1. The number of rotatable bonds is 8. The molecule has 152 valence electrons. The fourth-order valence-corrected chi connectivity index (χ4v) is 3.70. The number of carbonyl (C=O) groups excluding carboxylic acids is 1. The molecule has 2 rings (SSSR count). The average Bonchev–Trinajstić information content (AvgIpc) is 2.64. The van der Waals surface area contributed by atoms with Crippen molar-refractivity contribution >= 4 is 11.6 Å². The highest BCUT2D eigenvalue weighted by Gasteiger charge is 2.42. The predicted molar refractivity (Wildman–Crippen MR) is 112 cm³/mol. The molecule has 1 atom stereocenters. The molecule has 0 radical (unpaired) electrons. The van der Waals surface area contributed by atoms with Gasteiger partial charge in [0.2, 0.25) is 0 Å². The minimum Gasteiger partial charge on any atom is -0.490 e. The van der Waals surface area contributed by atoms with Crippen LogP contribution in [-0.2, 0) is 9.53 Å². The molecule has 1 saturated carbocycles. The molecule has 0 saturated heterocycles. The molecule has 27 heavy (non-hydrogen) atoms. The number of ether oxygens (including phenoxy) is 2. The largest absolute Gasteiger partial charge is 0.490 e. The minimum absolute atomic E-state index is 0.00255. The molecule has 0 spiro atoms. The van der Waals surface area contributed by atoms with Crippen molar-refractivity contribution in [2.24, 2.45) is 5.92 Å². The van der Waals surface area contributed by atoms with Crippen molar-refractivity contribution in [2.75, 3.05) is 11.9 Å². The molecule has 0 bridgehead atoms. The van der Waals surface area contributed by atoms with E-state index < -0.39 is 5.60 Å². The quantitative estimate of drug-likeness (QED) is 0.625. The number of nitrogens with one attached hydrogen (secondary N) is 1. The predicted octanol–water partition coefficient (Wildman–Crippen LogP) is 5.79. The SMILES string of the molecule is CCCOC1(C(=O)Nc2cc(C)c(O[C@H](C)CC)c(C)c2)CCC(C)CC1. The summed E-state index contributed by atoms with van der Waals surface area (Å²) in [5, 5.41) is 3.13. The van der Waals surface area contributed by atoms with E-state index in [1.807, 2.05) is 26.0 Å². The monoisotopic (exact) mass is 375 g/mol.